The van der Waals surface area contributed by atoms with Crippen LogP contribution in [0.4, 0.5) is 4.39 Å². The van der Waals surface area contributed by atoms with Gasteiger partial charge in [-0.25, -0.2) is 17.5 Å². The number of nitriles is 1. The predicted octanol–water partition coefficient (Wildman–Crippen LogP) is 0.815. The number of aliphatic hydroxyl groups excluding tert-OH is 1. The molecule has 0 spiro atoms. The molecule has 0 aromatic heterocycles. The molecule has 0 bridgehead atoms. The number of benzene rings is 2. The Labute approximate surface area is 167 Å². The number of hydrogen-bond acceptors (Lipinski definition) is 7. The van der Waals surface area contributed by atoms with E-state index >= 15 is 0 Å². The van der Waals surface area contributed by atoms with E-state index in [-0.39, 0.29) is 36.0 Å². The van der Waals surface area contributed by atoms with Crippen molar-refractivity contribution in [3.05, 3.63) is 53.8 Å². The van der Waals surface area contributed by atoms with Crippen LogP contribution in [0.5, 0.6) is 0 Å². The Balaban J connectivity index is 2.00. The van der Waals surface area contributed by atoms with Gasteiger partial charge in [0.1, 0.15) is 11.7 Å². The summed E-state index contributed by atoms with van der Waals surface area (Å²) in [4.78, 5) is 8.11. The highest BCUT2D eigenvalue weighted by molar-refractivity contribution is 7.89. The van der Waals surface area contributed by atoms with Crippen molar-refractivity contribution in [1.82, 2.24) is 4.72 Å². The van der Waals surface area contributed by atoms with Crippen molar-refractivity contribution in [3.8, 4) is 17.2 Å². The average Bonchev–Trinajstić information content (AvgIpc) is 2.73. The van der Waals surface area contributed by atoms with Gasteiger partial charge in [0.15, 0.2) is 6.04 Å². The molecule has 0 aliphatic carbocycles. The van der Waals surface area contributed by atoms with E-state index in [1.165, 1.54) is 18.2 Å². The Morgan fingerprint density at radius 2 is 2.03 bits per heavy atom. The van der Waals surface area contributed by atoms with Crippen LogP contribution in [0.15, 0.2) is 57.3 Å². The summed E-state index contributed by atoms with van der Waals surface area (Å²) >= 11 is 0. The maximum atomic E-state index is 14.8. The Morgan fingerprint density at radius 3 is 2.72 bits per heavy atom. The van der Waals surface area contributed by atoms with Gasteiger partial charge in [0.2, 0.25) is 10.0 Å². The standard InChI is InChI=1S/C19H18FN5O3S/c20-15-9-12(5-6-14(15)17-11-23-19(22)16(10-21)25-17)13-3-1-2-4-18(13)29(27,28)24-7-8-26/h1-6,9,16,24,26H,7-8,11H2,(H2,22,23). The molecule has 2 aromatic rings. The van der Waals surface area contributed by atoms with Crippen molar-refractivity contribution in [2.75, 3.05) is 19.7 Å². The summed E-state index contributed by atoms with van der Waals surface area (Å²) in [5.74, 6) is -0.535. The van der Waals surface area contributed by atoms with Crippen molar-refractivity contribution in [1.29, 1.82) is 5.26 Å². The second kappa shape index (κ2) is 8.48. The lowest BCUT2D eigenvalue weighted by atomic mass is 10.0. The van der Waals surface area contributed by atoms with Crippen molar-refractivity contribution in [3.63, 3.8) is 0 Å². The Kier molecular flexibility index (Phi) is 6.03. The van der Waals surface area contributed by atoms with Gasteiger partial charge in [-0.15, -0.1) is 0 Å². The van der Waals surface area contributed by atoms with Crippen LogP contribution in [0.25, 0.3) is 11.1 Å². The van der Waals surface area contributed by atoms with Gasteiger partial charge in [0.05, 0.1) is 29.8 Å². The summed E-state index contributed by atoms with van der Waals surface area (Å²) in [7, 11) is -3.89. The number of nitrogens with zero attached hydrogens (tertiary/aromatic N) is 3. The van der Waals surface area contributed by atoms with Crippen LogP contribution in [0.3, 0.4) is 0 Å². The smallest absolute Gasteiger partial charge is 0.241 e. The molecule has 1 atom stereocenters. The molecule has 4 N–H and O–H groups in total. The van der Waals surface area contributed by atoms with Crippen LogP contribution in [0, 0.1) is 17.1 Å². The topological polar surface area (TPSA) is 141 Å². The number of rotatable bonds is 6. The number of nitrogens with one attached hydrogen (secondary N) is 1. The minimum Gasteiger partial charge on any atom is -0.395 e. The summed E-state index contributed by atoms with van der Waals surface area (Å²) in [5.41, 5.74) is 6.74. The van der Waals surface area contributed by atoms with Crippen LogP contribution in [-0.4, -0.2) is 50.8 Å². The molecule has 3 rings (SSSR count). The monoisotopic (exact) mass is 415 g/mol. The number of nitrogens with two attached hydrogens (primary N) is 1. The molecule has 0 saturated carbocycles. The molecule has 0 fully saturated rings. The van der Waals surface area contributed by atoms with Gasteiger partial charge >= 0.3 is 0 Å². The van der Waals surface area contributed by atoms with Gasteiger partial charge in [-0.2, -0.15) is 5.26 Å². The zero-order valence-corrected chi connectivity index (χ0v) is 16.0. The van der Waals surface area contributed by atoms with Crippen molar-refractivity contribution >= 4 is 21.6 Å². The zero-order chi connectivity index (χ0) is 21.0. The summed E-state index contributed by atoms with van der Waals surface area (Å²) in [6, 6.07) is 11.4. The van der Waals surface area contributed by atoms with Gasteiger partial charge in [0, 0.05) is 17.7 Å². The quantitative estimate of drug-likeness (QED) is 0.640. The van der Waals surface area contributed by atoms with E-state index in [2.05, 4.69) is 14.7 Å². The Bertz CT molecular complexity index is 1140. The molecule has 1 aliphatic heterocycles. The predicted molar refractivity (Wildman–Crippen MR) is 107 cm³/mol. The second-order valence-electron chi connectivity index (χ2n) is 6.16. The summed E-state index contributed by atoms with van der Waals surface area (Å²) in [6.07, 6.45) is 0. The maximum absolute atomic E-state index is 14.8. The fraction of sp³-hybridized carbons (Fsp3) is 0.211. The number of aliphatic imine (C=N–C) groups is 2. The van der Waals surface area contributed by atoms with E-state index in [4.69, 9.17) is 16.1 Å². The lowest BCUT2D eigenvalue weighted by molar-refractivity contribution is 0.301. The van der Waals surface area contributed by atoms with Gasteiger partial charge in [0.25, 0.3) is 0 Å². The molecule has 1 heterocycles. The van der Waals surface area contributed by atoms with E-state index in [0.717, 1.165) is 0 Å². The van der Waals surface area contributed by atoms with E-state index < -0.39 is 21.9 Å². The van der Waals surface area contributed by atoms with E-state index in [0.29, 0.717) is 16.8 Å². The lowest BCUT2D eigenvalue weighted by Crippen LogP contribution is -2.32. The lowest BCUT2D eigenvalue weighted by Gasteiger charge is -2.16. The normalized spacial score (nSPS) is 16.7. The molecule has 0 saturated heterocycles. The van der Waals surface area contributed by atoms with Gasteiger partial charge < -0.3 is 10.8 Å². The largest absolute Gasteiger partial charge is 0.395 e. The molecule has 0 radical (unpaired) electrons. The van der Waals surface area contributed by atoms with Crippen LogP contribution in [0.1, 0.15) is 5.56 Å². The highest BCUT2D eigenvalue weighted by Gasteiger charge is 2.22. The van der Waals surface area contributed by atoms with E-state index in [1.807, 2.05) is 6.07 Å². The average molecular weight is 415 g/mol. The molecule has 1 unspecified atom stereocenters. The van der Waals surface area contributed by atoms with Gasteiger partial charge in [-0.05, 0) is 23.8 Å². The first-order valence-electron chi connectivity index (χ1n) is 8.63. The third-order valence-corrected chi connectivity index (χ3v) is 5.79. The summed E-state index contributed by atoms with van der Waals surface area (Å²) in [6.45, 7) is -0.423. The highest BCUT2D eigenvalue weighted by atomic mass is 32.2. The van der Waals surface area contributed by atoms with Crippen molar-refractivity contribution in [2.45, 2.75) is 10.9 Å². The minimum atomic E-state index is -3.89. The van der Waals surface area contributed by atoms with Crippen molar-refractivity contribution < 1.29 is 17.9 Å². The van der Waals surface area contributed by atoms with Crippen LogP contribution >= 0.6 is 0 Å². The third-order valence-electron chi connectivity index (χ3n) is 4.27. The first-order valence-corrected chi connectivity index (χ1v) is 10.1. The fourth-order valence-corrected chi connectivity index (χ4v) is 4.13. The molecular weight excluding hydrogens is 397 g/mol. The molecule has 1 aliphatic rings. The van der Waals surface area contributed by atoms with Gasteiger partial charge in [-0.1, -0.05) is 24.3 Å². The number of halogens is 1. The number of aliphatic hydroxyl groups is 1. The molecule has 150 valence electrons. The molecule has 2 aromatic carbocycles. The van der Waals surface area contributed by atoms with E-state index in [9.17, 15) is 12.8 Å². The third kappa shape index (κ3) is 4.32. The number of hydrogen-bond donors (Lipinski definition) is 3. The molecule has 10 heteroatoms. The van der Waals surface area contributed by atoms with Gasteiger partial charge in [-0.3, -0.25) is 9.98 Å². The van der Waals surface area contributed by atoms with Crippen LogP contribution in [-0.2, 0) is 10.0 Å². The Hall–Kier alpha value is -3.13. The molecular formula is C19H18FN5O3S. The zero-order valence-electron chi connectivity index (χ0n) is 15.2. The molecule has 8 nitrogen and oxygen atoms in total. The fourth-order valence-electron chi connectivity index (χ4n) is 2.88. The Morgan fingerprint density at radius 1 is 1.28 bits per heavy atom. The second-order valence-corrected chi connectivity index (χ2v) is 7.90. The van der Waals surface area contributed by atoms with Crippen LogP contribution in [0.2, 0.25) is 0 Å². The van der Waals surface area contributed by atoms with Crippen molar-refractivity contribution in [2.24, 2.45) is 15.7 Å². The van der Waals surface area contributed by atoms with E-state index in [1.54, 1.807) is 24.3 Å². The SMILES string of the molecule is N#CC1N=C(c2ccc(-c3ccccc3S(=O)(=O)NCCO)cc2F)CN=C1N. The van der Waals surface area contributed by atoms with Crippen LogP contribution < -0.4 is 10.5 Å². The first-order chi connectivity index (χ1) is 13.9. The maximum Gasteiger partial charge on any atom is 0.241 e. The molecule has 0 amide bonds. The molecule has 29 heavy (non-hydrogen) atoms. The number of sulfonamides is 1. The summed E-state index contributed by atoms with van der Waals surface area (Å²) < 4.78 is 42.1. The first kappa shape index (κ1) is 20.6. The highest BCUT2D eigenvalue weighted by Crippen LogP contribution is 2.29. The minimum absolute atomic E-state index is 0.0301. The summed E-state index contributed by atoms with van der Waals surface area (Å²) in [5, 5.41) is 17.9. The number of amidine groups is 1.